The van der Waals surface area contributed by atoms with E-state index in [-0.39, 0.29) is 12.3 Å². The largest absolute Gasteiger partial charge is 0.396 e. The van der Waals surface area contributed by atoms with Gasteiger partial charge in [-0.2, -0.15) is 0 Å². The minimum atomic E-state index is -2.21. The van der Waals surface area contributed by atoms with E-state index in [1.807, 2.05) is 30.3 Å². The maximum atomic E-state index is 12.8. The lowest BCUT2D eigenvalue weighted by atomic mass is 10.2. The van der Waals surface area contributed by atoms with Crippen molar-refractivity contribution in [1.82, 2.24) is 0 Å². The molecule has 2 rings (SSSR count). The van der Waals surface area contributed by atoms with Crippen LogP contribution in [0.4, 0.5) is 0 Å². The minimum absolute atomic E-state index is 0.154. The van der Waals surface area contributed by atoms with Crippen molar-refractivity contribution in [2.45, 2.75) is 24.9 Å². The van der Waals surface area contributed by atoms with Crippen LogP contribution < -0.4 is 5.30 Å². The van der Waals surface area contributed by atoms with Gasteiger partial charge in [-0.15, -0.1) is 0 Å². The molecule has 0 saturated carbocycles. The summed E-state index contributed by atoms with van der Waals surface area (Å²) in [6, 6.07) is 9.78. The molecule has 1 fully saturated rings. The lowest BCUT2D eigenvalue weighted by Crippen LogP contribution is -2.15. The third-order valence-electron chi connectivity index (χ3n) is 3.27. The molecule has 82 valence electrons. The molecule has 15 heavy (non-hydrogen) atoms. The van der Waals surface area contributed by atoms with Crippen molar-refractivity contribution >= 4 is 12.4 Å². The average Bonchev–Trinajstić information content (AvgIpc) is 2.64. The normalized spacial score (nSPS) is 30.6. The second-order valence-corrected chi connectivity index (χ2v) is 7.45. The molecule has 0 bridgehead atoms. The van der Waals surface area contributed by atoms with Gasteiger partial charge in [0.15, 0.2) is 0 Å². The highest BCUT2D eigenvalue weighted by atomic mass is 31.2. The third-order valence-corrected chi connectivity index (χ3v) is 7.12. The predicted molar refractivity (Wildman–Crippen MR) is 63.3 cm³/mol. The summed E-state index contributed by atoms with van der Waals surface area (Å²) in [6.07, 6.45) is 3.55. The Morgan fingerprint density at radius 2 is 2.07 bits per heavy atom. The smallest absolute Gasteiger partial charge is 0.118 e. The van der Waals surface area contributed by atoms with Crippen molar-refractivity contribution in [1.29, 1.82) is 0 Å². The molecule has 0 radical (unpaired) electrons. The molecule has 1 heterocycles. The van der Waals surface area contributed by atoms with E-state index in [0.29, 0.717) is 6.42 Å². The zero-order valence-corrected chi connectivity index (χ0v) is 9.70. The summed E-state index contributed by atoms with van der Waals surface area (Å²) in [6.45, 7) is 0.154. The zero-order valence-electron chi connectivity index (χ0n) is 8.80. The van der Waals surface area contributed by atoms with Gasteiger partial charge in [-0.05, 0) is 19.3 Å². The van der Waals surface area contributed by atoms with Gasteiger partial charge in [0.25, 0.3) is 0 Å². The molecule has 1 unspecified atom stereocenters. The Bertz CT molecular complexity index is 361. The highest BCUT2D eigenvalue weighted by molar-refractivity contribution is 7.72. The van der Waals surface area contributed by atoms with Crippen LogP contribution in [0.5, 0.6) is 0 Å². The first-order valence-corrected chi connectivity index (χ1v) is 7.49. The summed E-state index contributed by atoms with van der Waals surface area (Å²) in [4.78, 5) is 0. The van der Waals surface area contributed by atoms with E-state index in [4.69, 9.17) is 5.11 Å². The summed E-state index contributed by atoms with van der Waals surface area (Å²) < 4.78 is 12.8. The summed E-state index contributed by atoms with van der Waals surface area (Å²) in [5.74, 6) is 0. The van der Waals surface area contributed by atoms with Crippen LogP contribution in [0.1, 0.15) is 19.3 Å². The number of hydrogen-bond acceptors (Lipinski definition) is 2. The van der Waals surface area contributed by atoms with Crippen LogP contribution in [0, 0.1) is 0 Å². The van der Waals surface area contributed by atoms with E-state index in [1.165, 1.54) is 0 Å². The first-order chi connectivity index (χ1) is 7.27. The molecular formula is C12H17O2P. The summed E-state index contributed by atoms with van der Waals surface area (Å²) >= 11 is 0. The fraction of sp³-hybridized carbons (Fsp3) is 0.500. The van der Waals surface area contributed by atoms with E-state index in [1.54, 1.807) is 0 Å². The van der Waals surface area contributed by atoms with Crippen LogP contribution in [-0.4, -0.2) is 23.5 Å². The molecule has 1 aliphatic rings. The van der Waals surface area contributed by atoms with Crippen LogP contribution in [0.15, 0.2) is 30.3 Å². The number of aliphatic hydroxyl groups is 1. The zero-order chi connectivity index (χ0) is 10.7. The Morgan fingerprint density at radius 3 is 2.73 bits per heavy atom. The first-order valence-electron chi connectivity index (χ1n) is 5.52. The fourth-order valence-corrected chi connectivity index (χ4v) is 5.98. The SMILES string of the molecule is O=P1(c2ccccc2)CCC[C@@H]1CCO. The standard InChI is InChI=1S/C12H17O2P/c13-9-8-12-7-4-10-15(12,14)11-5-2-1-3-6-11/h1-3,5-6,12-13H,4,7-10H2/t12-,15?/m1/s1. The van der Waals surface area contributed by atoms with Gasteiger partial charge in [-0.3, -0.25) is 0 Å². The molecular weight excluding hydrogens is 207 g/mol. The first kappa shape index (κ1) is 10.9. The number of aliphatic hydroxyl groups excluding tert-OH is 1. The van der Waals surface area contributed by atoms with Crippen molar-refractivity contribution < 1.29 is 9.67 Å². The van der Waals surface area contributed by atoms with Crippen molar-refractivity contribution in [2.24, 2.45) is 0 Å². The van der Waals surface area contributed by atoms with Crippen LogP contribution in [0.2, 0.25) is 0 Å². The molecule has 0 aliphatic carbocycles. The third kappa shape index (κ3) is 2.02. The number of hydrogen-bond donors (Lipinski definition) is 1. The van der Waals surface area contributed by atoms with Crippen molar-refractivity contribution in [3.63, 3.8) is 0 Å². The molecule has 1 saturated heterocycles. The molecule has 0 aromatic heterocycles. The average molecular weight is 224 g/mol. The number of rotatable bonds is 3. The van der Waals surface area contributed by atoms with Gasteiger partial charge in [0.05, 0.1) is 0 Å². The maximum Gasteiger partial charge on any atom is 0.118 e. The van der Waals surface area contributed by atoms with Gasteiger partial charge in [-0.25, -0.2) is 0 Å². The Labute approximate surface area is 90.7 Å². The lowest BCUT2D eigenvalue weighted by Gasteiger charge is -2.20. The summed E-state index contributed by atoms with van der Waals surface area (Å²) in [7, 11) is -2.21. The quantitative estimate of drug-likeness (QED) is 0.799. The van der Waals surface area contributed by atoms with Crippen molar-refractivity contribution in [2.75, 3.05) is 12.8 Å². The van der Waals surface area contributed by atoms with E-state index in [0.717, 1.165) is 24.3 Å². The Balaban J connectivity index is 2.29. The summed E-state index contributed by atoms with van der Waals surface area (Å²) in [5.41, 5.74) is 0.213. The molecule has 1 aromatic rings. The molecule has 1 aromatic carbocycles. The second-order valence-electron chi connectivity index (χ2n) is 4.16. The molecule has 0 spiro atoms. The minimum Gasteiger partial charge on any atom is -0.396 e. The molecule has 2 atom stereocenters. The van der Waals surface area contributed by atoms with Crippen molar-refractivity contribution in [3.05, 3.63) is 30.3 Å². The number of benzene rings is 1. The second kappa shape index (κ2) is 4.51. The van der Waals surface area contributed by atoms with Gasteiger partial charge in [0.2, 0.25) is 0 Å². The molecule has 3 heteroatoms. The van der Waals surface area contributed by atoms with Gasteiger partial charge in [0.1, 0.15) is 7.14 Å². The van der Waals surface area contributed by atoms with Crippen LogP contribution in [-0.2, 0) is 4.57 Å². The van der Waals surface area contributed by atoms with E-state index < -0.39 is 7.14 Å². The van der Waals surface area contributed by atoms with Gasteiger partial charge >= 0.3 is 0 Å². The highest BCUT2D eigenvalue weighted by Crippen LogP contribution is 2.57. The summed E-state index contributed by atoms with van der Waals surface area (Å²) in [5, 5.41) is 9.99. The van der Waals surface area contributed by atoms with Crippen LogP contribution >= 0.6 is 7.14 Å². The van der Waals surface area contributed by atoms with E-state index >= 15 is 0 Å². The Hall–Kier alpha value is -0.590. The van der Waals surface area contributed by atoms with E-state index in [2.05, 4.69) is 0 Å². The Morgan fingerprint density at radius 1 is 1.33 bits per heavy atom. The van der Waals surface area contributed by atoms with Crippen LogP contribution in [0.3, 0.4) is 0 Å². The predicted octanol–water partition coefficient (Wildman–Crippen LogP) is 2.22. The lowest BCUT2D eigenvalue weighted by molar-refractivity contribution is 0.285. The molecule has 1 N–H and O–H groups in total. The Kier molecular flexibility index (Phi) is 3.28. The van der Waals surface area contributed by atoms with E-state index in [9.17, 15) is 4.57 Å². The monoisotopic (exact) mass is 224 g/mol. The topological polar surface area (TPSA) is 37.3 Å². The van der Waals surface area contributed by atoms with Gasteiger partial charge < -0.3 is 9.67 Å². The van der Waals surface area contributed by atoms with Gasteiger partial charge in [0, 0.05) is 23.7 Å². The fourth-order valence-electron chi connectivity index (χ4n) is 2.48. The van der Waals surface area contributed by atoms with Crippen molar-refractivity contribution in [3.8, 4) is 0 Å². The van der Waals surface area contributed by atoms with Gasteiger partial charge in [-0.1, -0.05) is 30.3 Å². The molecule has 0 amide bonds. The maximum absolute atomic E-state index is 12.8. The van der Waals surface area contributed by atoms with Crippen LogP contribution in [0.25, 0.3) is 0 Å². The molecule has 1 aliphatic heterocycles. The highest BCUT2D eigenvalue weighted by Gasteiger charge is 2.38. The molecule has 2 nitrogen and oxygen atoms in total.